The molecular weight excluding hydrogens is 248 g/mol. The minimum absolute atomic E-state index is 0.0446. The first-order chi connectivity index (χ1) is 9.06. The Balaban J connectivity index is 1.92. The molecule has 1 atom stereocenters. The van der Waals surface area contributed by atoms with Gasteiger partial charge in [-0.15, -0.1) is 0 Å². The largest absolute Gasteiger partial charge is 0.465 e. The van der Waals surface area contributed by atoms with Crippen LogP contribution in [0.15, 0.2) is 34.7 Å². The van der Waals surface area contributed by atoms with Crippen LogP contribution in [0.4, 0.5) is 8.78 Å². The minimum atomic E-state index is -0.498. The van der Waals surface area contributed by atoms with Crippen LogP contribution in [-0.4, -0.2) is 6.04 Å². The van der Waals surface area contributed by atoms with Crippen molar-refractivity contribution in [2.45, 2.75) is 32.9 Å². The van der Waals surface area contributed by atoms with Crippen molar-refractivity contribution >= 4 is 0 Å². The number of aryl methyl sites for hydroxylation is 1. The second kappa shape index (κ2) is 5.97. The molecule has 0 saturated heterocycles. The van der Waals surface area contributed by atoms with Gasteiger partial charge in [-0.25, -0.2) is 8.78 Å². The van der Waals surface area contributed by atoms with Gasteiger partial charge in [0.15, 0.2) is 0 Å². The van der Waals surface area contributed by atoms with E-state index in [2.05, 4.69) is 5.32 Å². The number of benzene rings is 1. The molecule has 0 radical (unpaired) electrons. The molecule has 19 heavy (non-hydrogen) atoms. The lowest BCUT2D eigenvalue weighted by Crippen LogP contribution is -2.28. The Hall–Kier alpha value is -1.68. The van der Waals surface area contributed by atoms with Gasteiger partial charge in [-0.1, -0.05) is 6.07 Å². The zero-order valence-electron chi connectivity index (χ0n) is 11.0. The summed E-state index contributed by atoms with van der Waals surface area (Å²) in [5, 5.41) is 3.19. The van der Waals surface area contributed by atoms with Gasteiger partial charge in [0.2, 0.25) is 0 Å². The standard InChI is InChI=1S/C15H17F2NO/c1-10(18-9-12-7-6-11(2)19-12)8-13-14(16)4-3-5-15(13)17/h3-7,10,18H,8-9H2,1-2H3. The van der Waals surface area contributed by atoms with Crippen LogP contribution in [0.1, 0.15) is 24.0 Å². The Labute approximate surface area is 111 Å². The molecule has 0 spiro atoms. The van der Waals surface area contributed by atoms with Crippen molar-refractivity contribution < 1.29 is 13.2 Å². The van der Waals surface area contributed by atoms with Crippen molar-refractivity contribution in [3.05, 3.63) is 59.1 Å². The van der Waals surface area contributed by atoms with Gasteiger partial charge in [-0.3, -0.25) is 0 Å². The highest BCUT2D eigenvalue weighted by Gasteiger charge is 2.12. The molecule has 0 bridgehead atoms. The summed E-state index contributed by atoms with van der Waals surface area (Å²) in [6.45, 7) is 4.31. The quantitative estimate of drug-likeness (QED) is 0.893. The van der Waals surface area contributed by atoms with Gasteiger partial charge in [-0.05, 0) is 44.5 Å². The van der Waals surface area contributed by atoms with Crippen LogP contribution >= 0.6 is 0 Å². The molecule has 1 heterocycles. The van der Waals surface area contributed by atoms with E-state index < -0.39 is 11.6 Å². The van der Waals surface area contributed by atoms with Crippen molar-refractivity contribution in [2.75, 3.05) is 0 Å². The Morgan fingerprint density at radius 2 is 1.84 bits per heavy atom. The van der Waals surface area contributed by atoms with Gasteiger partial charge in [0.05, 0.1) is 6.54 Å². The highest BCUT2D eigenvalue weighted by Crippen LogP contribution is 2.14. The third kappa shape index (κ3) is 3.64. The van der Waals surface area contributed by atoms with E-state index in [1.807, 2.05) is 26.0 Å². The Bertz CT molecular complexity index is 531. The van der Waals surface area contributed by atoms with Crippen LogP contribution in [0, 0.1) is 18.6 Å². The Kier molecular flexibility index (Phi) is 4.32. The molecule has 0 aliphatic heterocycles. The first kappa shape index (κ1) is 13.7. The summed E-state index contributed by atoms with van der Waals surface area (Å²) in [7, 11) is 0. The molecule has 0 amide bonds. The smallest absolute Gasteiger partial charge is 0.129 e. The van der Waals surface area contributed by atoms with Crippen molar-refractivity contribution in [3.63, 3.8) is 0 Å². The summed E-state index contributed by atoms with van der Waals surface area (Å²) < 4.78 is 32.4. The SMILES string of the molecule is Cc1ccc(CNC(C)Cc2c(F)cccc2F)o1. The van der Waals surface area contributed by atoms with E-state index in [-0.39, 0.29) is 11.6 Å². The predicted molar refractivity (Wildman–Crippen MR) is 69.8 cm³/mol. The van der Waals surface area contributed by atoms with E-state index in [1.165, 1.54) is 18.2 Å². The molecule has 1 unspecified atom stereocenters. The zero-order chi connectivity index (χ0) is 13.8. The number of rotatable bonds is 5. The summed E-state index contributed by atoms with van der Waals surface area (Å²) in [5.74, 6) is 0.674. The van der Waals surface area contributed by atoms with E-state index in [4.69, 9.17) is 4.42 Å². The second-order valence-electron chi connectivity index (χ2n) is 4.70. The van der Waals surface area contributed by atoms with Gasteiger partial charge in [-0.2, -0.15) is 0 Å². The number of nitrogens with one attached hydrogen (secondary N) is 1. The predicted octanol–water partition coefficient (Wildman–Crippen LogP) is 3.59. The first-order valence-electron chi connectivity index (χ1n) is 6.28. The van der Waals surface area contributed by atoms with E-state index >= 15 is 0 Å². The van der Waals surface area contributed by atoms with Crippen molar-refractivity contribution in [2.24, 2.45) is 0 Å². The Morgan fingerprint density at radius 3 is 2.42 bits per heavy atom. The molecule has 1 aromatic heterocycles. The van der Waals surface area contributed by atoms with Gasteiger partial charge in [0, 0.05) is 11.6 Å². The maximum absolute atomic E-state index is 13.5. The molecular formula is C15H17F2NO. The maximum Gasteiger partial charge on any atom is 0.129 e. The number of hydrogen-bond donors (Lipinski definition) is 1. The average molecular weight is 265 g/mol. The van der Waals surface area contributed by atoms with Gasteiger partial charge in [0.25, 0.3) is 0 Å². The summed E-state index contributed by atoms with van der Waals surface area (Å²) in [6, 6.07) is 7.66. The monoisotopic (exact) mass is 265 g/mol. The van der Waals surface area contributed by atoms with E-state index in [9.17, 15) is 8.78 Å². The van der Waals surface area contributed by atoms with Crippen LogP contribution < -0.4 is 5.32 Å². The zero-order valence-corrected chi connectivity index (χ0v) is 11.0. The van der Waals surface area contributed by atoms with Crippen molar-refractivity contribution in [3.8, 4) is 0 Å². The maximum atomic E-state index is 13.5. The fraction of sp³-hybridized carbons (Fsp3) is 0.333. The average Bonchev–Trinajstić information content (AvgIpc) is 2.77. The molecule has 0 fully saturated rings. The molecule has 0 saturated carbocycles. The summed E-state index contributed by atoms with van der Waals surface area (Å²) in [6.07, 6.45) is 0.304. The summed E-state index contributed by atoms with van der Waals surface area (Å²) in [5.41, 5.74) is 0.123. The van der Waals surface area contributed by atoms with Crippen LogP contribution in [0.2, 0.25) is 0 Å². The lowest BCUT2D eigenvalue weighted by molar-refractivity contribution is 0.433. The third-order valence-electron chi connectivity index (χ3n) is 2.99. The molecule has 2 rings (SSSR count). The van der Waals surface area contributed by atoms with Crippen LogP contribution in [0.5, 0.6) is 0 Å². The highest BCUT2D eigenvalue weighted by atomic mass is 19.1. The fourth-order valence-electron chi connectivity index (χ4n) is 1.96. The third-order valence-corrected chi connectivity index (χ3v) is 2.99. The second-order valence-corrected chi connectivity index (χ2v) is 4.70. The number of hydrogen-bond acceptors (Lipinski definition) is 2. The van der Waals surface area contributed by atoms with Crippen LogP contribution in [0.3, 0.4) is 0 Å². The van der Waals surface area contributed by atoms with Gasteiger partial charge >= 0.3 is 0 Å². The van der Waals surface area contributed by atoms with Crippen LogP contribution in [0.25, 0.3) is 0 Å². The first-order valence-corrected chi connectivity index (χ1v) is 6.28. The van der Waals surface area contributed by atoms with E-state index in [1.54, 1.807) is 0 Å². The van der Waals surface area contributed by atoms with E-state index in [0.717, 1.165) is 11.5 Å². The Morgan fingerprint density at radius 1 is 1.16 bits per heavy atom. The van der Waals surface area contributed by atoms with Crippen molar-refractivity contribution in [1.82, 2.24) is 5.32 Å². The normalized spacial score (nSPS) is 12.6. The molecule has 1 aromatic carbocycles. The fourth-order valence-corrected chi connectivity index (χ4v) is 1.96. The molecule has 2 nitrogen and oxygen atoms in total. The van der Waals surface area contributed by atoms with Crippen LogP contribution in [-0.2, 0) is 13.0 Å². The van der Waals surface area contributed by atoms with Gasteiger partial charge < -0.3 is 9.73 Å². The molecule has 2 aromatic rings. The van der Waals surface area contributed by atoms with E-state index in [0.29, 0.717) is 13.0 Å². The lowest BCUT2D eigenvalue weighted by atomic mass is 10.1. The molecule has 1 N–H and O–H groups in total. The molecule has 0 aliphatic carbocycles. The number of furan rings is 1. The molecule has 4 heteroatoms. The highest BCUT2D eigenvalue weighted by molar-refractivity contribution is 5.20. The lowest BCUT2D eigenvalue weighted by Gasteiger charge is -2.14. The summed E-state index contributed by atoms with van der Waals surface area (Å²) in [4.78, 5) is 0. The van der Waals surface area contributed by atoms with Crippen molar-refractivity contribution in [1.29, 1.82) is 0 Å². The van der Waals surface area contributed by atoms with Gasteiger partial charge in [0.1, 0.15) is 23.2 Å². The minimum Gasteiger partial charge on any atom is -0.465 e. The summed E-state index contributed by atoms with van der Waals surface area (Å²) >= 11 is 0. The number of halogens is 2. The molecule has 0 aliphatic rings. The molecule has 102 valence electrons. The topological polar surface area (TPSA) is 25.2 Å².